The Balaban J connectivity index is 2.01. The Morgan fingerprint density at radius 1 is 1.37 bits per heavy atom. The summed E-state index contributed by atoms with van der Waals surface area (Å²) < 4.78 is 1.67. The van der Waals surface area contributed by atoms with Gasteiger partial charge in [-0.15, -0.1) is 0 Å². The standard InChI is InChI=1S/C14H18N4O/c1-14(2,3)9-13(19)17-11-5-6-12(15-10-11)18-8-4-7-16-18/h4-8,10H,9H2,1-3H3,(H,17,19). The molecule has 2 aromatic rings. The first-order chi connectivity index (χ1) is 8.94. The van der Waals surface area contributed by atoms with Crippen LogP contribution in [-0.4, -0.2) is 20.7 Å². The number of amides is 1. The molecule has 5 heteroatoms. The molecule has 0 saturated carbocycles. The molecule has 0 aliphatic rings. The summed E-state index contributed by atoms with van der Waals surface area (Å²) in [7, 11) is 0. The van der Waals surface area contributed by atoms with Crippen LogP contribution in [0.4, 0.5) is 5.69 Å². The van der Waals surface area contributed by atoms with Gasteiger partial charge in [0.25, 0.3) is 0 Å². The van der Waals surface area contributed by atoms with Gasteiger partial charge in [0, 0.05) is 18.8 Å². The van der Waals surface area contributed by atoms with Gasteiger partial charge in [0.15, 0.2) is 5.82 Å². The van der Waals surface area contributed by atoms with Crippen LogP contribution in [0, 0.1) is 5.41 Å². The van der Waals surface area contributed by atoms with Crippen molar-refractivity contribution in [3.63, 3.8) is 0 Å². The van der Waals surface area contributed by atoms with Crippen molar-refractivity contribution in [2.45, 2.75) is 27.2 Å². The van der Waals surface area contributed by atoms with E-state index in [1.165, 1.54) is 0 Å². The highest BCUT2D eigenvalue weighted by atomic mass is 16.1. The van der Waals surface area contributed by atoms with Gasteiger partial charge in [-0.1, -0.05) is 20.8 Å². The predicted molar refractivity (Wildman–Crippen MR) is 74.1 cm³/mol. The van der Waals surface area contributed by atoms with Crippen LogP contribution < -0.4 is 5.32 Å². The highest BCUT2D eigenvalue weighted by Gasteiger charge is 2.15. The molecule has 2 rings (SSSR count). The molecule has 1 N–H and O–H groups in total. The zero-order valence-electron chi connectivity index (χ0n) is 11.4. The highest BCUT2D eigenvalue weighted by Crippen LogP contribution is 2.19. The van der Waals surface area contributed by atoms with Crippen LogP contribution in [0.15, 0.2) is 36.8 Å². The molecule has 19 heavy (non-hydrogen) atoms. The van der Waals surface area contributed by atoms with Crippen LogP contribution in [0.5, 0.6) is 0 Å². The second-order valence-corrected chi connectivity index (χ2v) is 5.64. The Kier molecular flexibility index (Phi) is 3.64. The van der Waals surface area contributed by atoms with E-state index in [2.05, 4.69) is 15.4 Å². The van der Waals surface area contributed by atoms with E-state index in [1.54, 1.807) is 17.1 Å². The molecule has 0 fully saturated rings. The maximum Gasteiger partial charge on any atom is 0.224 e. The summed E-state index contributed by atoms with van der Waals surface area (Å²) in [5.41, 5.74) is 0.678. The van der Waals surface area contributed by atoms with Gasteiger partial charge >= 0.3 is 0 Å². The predicted octanol–water partition coefficient (Wildman–Crippen LogP) is 2.64. The second-order valence-electron chi connectivity index (χ2n) is 5.64. The third-order valence-electron chi connectivity index (χ3n) is 2.46. The molecule has 2 heterocycles. The summed E-state index contributed by atoms with van der Waals surface area (Å²) in [4.78, 5) is 16.0. The zero-order valence-corrected chi connectivity index (χ0v) is 11.4. The minimum Gasteiger partial charge on any atom is -0.325 e. The van der Waals surface area contributed by atoms with E-state index in [-0.39, 0.29) is 11.3 Å². The van der Waals surface area contributed by atoms with Crippen molar-refractivity contribution < 1.29 is 4.79 Å². The van der Waals surface area contributed by atoms with Crippen LogP contribution in [-0.2, 0) is 4.79 Å². The van der Waals surface area contributed by atoms with Gasteiger partial charge in [-0.25, -0.2) is 9.67 Å². The van der Waals surface area contributed by atoms with Crippen LogP contribution in [0.1, 0.15) is 27.2 Å². The lowest BCUT2D eigenvalue weighted by atomic mass is 9.92. The van der Waals surface area contributed by atoms with E-state index in [0.29, 0.717) is 12.1 Å². The van der Waals surface area contributed by atoms with Crippen LogP contribution in [0.3, 0.4) is 0 Å². The molecule has 0 spiro atoms. The molecule has 0 aliphatic carbocycles. The van der Waals surface area contributed by atoms with E-state index in [0.717, 1.165) is 5.82 Å². The SMILES string of the molecule is CC(C)(C)CC(=O)Nc1ccc(-n2cccn2)nc1. The van der Waals surface area contributed by atoms with E-state index in [1.807, 2.05) is 45.2 Å². The summed E-state index contributed by atoms with van der Waals surface area (Å²) in [6, 6.07) is 5.48. The zero-order chi connectivity index (χ0) is 13.9. The average molecular weight is 258 g/mol. The fraction of sp³-hybridized carbons (Fsp3) is 0.357. The number of rotatable bonds is 3. The Hall–Kier alpha value is -2.17. The number of carbonyl (C=O) groups excluding carboxylic acids is 1. The summed E-state index contributed by atoms with van der Waals surface area (Å²) in [5, 5.41) is 6.93. The van der Waals surface area contributed by atoms with Crippen molar-refractivity contribution in [2.24, 2.45) is 5.41 Å². The molecule has 0 saturated heterocycles. The topological polar surface area (TPSA) is 59.8 Å². The third-order valence-corrected chi connectivity index (χ3v) is 2.46. The van der Waals surface area contributed by atoms with E-state index in [4.69, 9.17) is 0 Å². The number of nitrogens with one attached hydrogen (secondary N) is 1. The second kappa shape index (κ2) is 5.22. The molecule has 100 valence electrons. The summed E-state index contributed by atoms with van der Waals surface area (Å²) >= 11 is 0. The maximum absolute atomic E-state index is 11.8. The Labute approximate surface area is 112 Å². The smallest absolute Gasteiger partial charge is 0.224 e. The van der Waals surface area contributed by atoms with Gasteiger partial charge in [-0.05, 0) is 23.6 Å². The van der Waals surface area contributed by atoms with Gasteiger partial charge in [0.1, 0.15) is 0 Å². The van der Waals surface area contributed by atoms with Crippen LogP contribution >= 0.6 is 0 Å². The van der Waals surface area contributed by atoms with Crippen molar-refractivity contribution in [1.29, 1.82) is 0 Å². The largest absolute Gasteiger partial charge is 0.325 e. The molecule has 0 aromatic carbocycles. The van der Waals surface area contributed by atoms with Gasteiger partial charge in [-0.2, -0.15) is 5.10 Å². The Morgan fingerprint density at radius 3 is 2.68 bits per heavy atom. The first-order valence-electron chi connectivity index (χ1n) is 6.20. The number of anilines is 1. The van der Waals surface area contributed by atoms with Gasteiger partial charge in [0.05, 0.1) is 11.9 Å². The quantitative estimate of drug-likeness (QED) is 0.920. The molecule has 0 atom stereocenters. The lowest BCUT2D eigenvalue weighted by Crippen LogP contribution is -2.19. The van der Waals surface area contributed by atoms with Gasteiger partial charge in [0.2, 0.25) is 5.91 Å². The van der Waals surface area contributed by atoms with Crippen molar-refractivity contribution in [3.8, 4) is 5.82 Å². The lowest BCUT2D eigenvalue weighted by Gasteiger charge is -2.17. The average Bonchev–Trinajstić information content (AvgIpc) is 2.80. The van der Waals surface area contributed by atoms with E-state index < -0.39 is 0 Å². The monoisotopic (exact) mass is 258 g/mol. The molecule has 0 radical (unpaired) electrons. The minimum atomic E-state index is -0.0213. The highest BCUT2D eigenvalue weighted by molar-refractivity contribution is 5.90. The fourth-order valence-electron chi connectivity index (χ4n) is 1.69. The molecular weight excluding hydrogens is 240 g/mol. The molecule has 1 amide bonds. The summed E-state index contributed by atoms with van der Waals surface area (Å²) in [6.07, 6.45) is 5.63. The van der Waals surface area contributed by atoms with Crippen LogP contribution in [0.25, 0.3) is 5.82 Å². The number of hydrogen-bond donors (Lipinski definition) is 1. The first kappa shape index (κ1) is 13.3. The number of carbonyl (C=O) groups is 1. The van der Waals surface area contributed by atoms with Crippen molar-refractivity contribution in [1.82, 2.24) is 14.8 Å². The van der Waals surface area contributed by atoms with E-state index >= 15 is 0 Å². The van der Waals surface area contributed by atoms with Crippen molar-refractivity contribution in [2.75, 3.05) is 5.32 Å². The van der Waals surface area contributed by atoms with Crippen molar-refractivity contribution >= 4 is 11.6 Å². The van der Waals surface area contributed by atoms with Crippen LogP contribution in [0.2, 0.25) is 0 Å². The summed E-state index contributed by atoms with van der Waals surface area (Å²) in [6.45, 7) is 6.10. The lowest BCUT2D eigenvalue weighted by molar-refractivity contribution is -0.117. The molecular formula is C14H18N4O. The normalized spacial score (nSPS) is 11.3. The van der Waals surface area contributed by atoms with Gasteiger partial charge in [-0.3, -0.25) is 4.79 Å². The molecule has 0 bridgehead atoms. The van der Waals surface area contributed by atoms with Gasteiger partial charge < -0.3 is 5.32 Å². The number of hydrogen-bond acceptors (Lipinski definition) is 3. The third kappa shape index (κ3) is 3.91. The van der Waals surface area contributed by atoms with E-state index in [9.17, 15) is 4.79 Å². The first-order valence-corrected chi connectivity index (χ1v) is 6.20. The molecule has 0 aliphatic heterocycles. The number of aromatic nitrogens is 3. The Morgan fingerprint density at radius 2 is 2.16 bits per heavy atom. The Bertz CT molecular complexity index is 538. The fourth-order valence-corrected chi connectivity index (χ4v) is 1.69. The van der Waals surface area contributed by atoms with Crippen molar-refractivity contribution in [3.05, 3.63) is 36.8 Å². The summed E-state index contributed by atoms with van der Waals surface area (Å²) in [5.74, 6) is 0.722. The number of pyridine rings is 1. The maximum atomic E-state index is 11.8. The number of nitrogens with zero attached hydrogens (tertiary/aromatic N) is 3. The minimum absolute atomic E-state index is 0.00105. The molecule has 5 nitrogen and oxygen atoms in total. The molecule has 0 unspecified atom stereocenters. The molecule has 2 aromatic heterocycles.